The van der Waals surface area contributed by atoms with Gasteiger partial charge in [-0.05, 0) is 46.9 Å². The van der Waals surface area contributed by atoms with E-state index < -0.39 is 0 Å². The Morgan fingerprint density at radius 2 is 1.89 bits per heavy atom. The van der Waals surface area contributed by atoms with E-state index >= 15 is 0 Å². The van der Waals surface area contributed by atoms with Crippen molar-refractivity contribution < 1.29 is 0 Å². The van der Waals surface area contributed by atoms with Gasteiger partial charge >= 0.3 is 0 Å². The third-order valence-electron chi connectivity index (χ3n) is 3.33. The fraction of sp³-hybridized carbons (Fsp3) is 0.333. The van der Waals surface area contributed by atoms with Crippen LogP contribution in [0.3, 0.4) is 0 Å². The fourth-order valence-electron chi connectivity index (χ4n) is 2.34. The van der Waals surface area contributed by atoms with Crippen molar-refractivity contribution in [1.82, 2.24) is 0 Å². The Morgan fingerprint density at radius 3 is 2.56 bits per heavy atom. The Hall–Kier alpha value is -0.510. The topological polar surface area (TPSA) is 0 Å². The number of rotatable bonds is 2. The standard InChI is InChI=1S/C15H16S3/c1-4-9-5-10-6-12(8(2)3)17-14(10)15-11(9)7-13(16)18-15/h5-8,16H,4H2,1-3H3. The maximum Gasteiger partial charge on any atom is 0.0581 e. The van der Waals surface area contributed by atoms with Gasteiger partial charge in [-0.3, -0.25) is 0 Å². The molecular formula is C15H16S3. The molecule has 2 aromatic heterocycles. The van der Waals surface area contributed by atoms with Crippen LogP contribution in [-0.2, 0) is 6.42 Å². The molecule has 0 saturated heterocycles. The van der Waals surface area contributed by atoms with Crippen LogP contribution >= 0.6 is 35.3 Å². The van der Waals surface area contributed by atoms with E-state index in [4.69, 9.17) is 0 Å². The molecule has 0 nitrogen and oxygen atoms in total. The number of aryl methyl sites for hydroxylation is 1. The molecule has 2 heterocycles. The lowest BCUT2D eigenvalue weighted by atomic mass is 10.1. The van der Waals surface area contributed by atoms with E-state index in [-0.39, 0.29) is 0 Å². The van der Waals surface area contributed by atoms with E-state index in [1.54, 1.807) is 0 Å². The molecule has 0 fully saturated rings. The molecule has 3 heteroatoms. The second-order valence-electron chi connectivity index (χ2n) is 4.94. The zero-order valence-electron chi connectivity index (χ0n) is 10.8. The normalized spacial score (nSPS) is 12.1. The summed E-state index contributed by atoms with van der Waals surface area (Å²) < 4.78 is 3.98. The molecule has 0 spiro atoms. The van der Waals surface area contributed by atoms with Gasteiger partial charge in [0.05, 0.1) is 13.6 Å². The summed E-state index contributed by atoms with van der Waals surface area (Å²) in [6.45, 7) is 6.76. The Balaban J connectivity index is 2.42. The molecule has 94 valence electrons. The first-order chi connectivity index (χ1) is 8.60. The highest BCUT2D eigenvalue weighted by atomic mass is 32.2. The van der Waals surface area contributed by atoms with Crippen molar-refractivity contribution in [3.63, 3.8) is 0 Å². The van der Waals surface area contributed by atoms with Crippen molar-refractivity contribution in [2.24, 2.45) is 0 Å². The first-order valence-electron chi connectivity index (χ1n) is 6.28. The van der Waals surface area contributed by atoms with Gasteiger partial charge in [-0.25, -0.2) is 0 Å². The quantitative estimate of drug-likeness (QED) is 0.543. The fourth-order valence-corrected chi connectivity index (χ4v) is 4.98. The Bertz CT molecular complexity index is 716. The van der Waals surface area contributed by atoms with Crippen molar-refractivity contribution in [1.29, 1.82) is 0 Å². The maximum absolute atomic E-state index is 4.53. The highest BCUT2D eigenvalue weighted by Gasteiger charge is 2.13. The minimum Gasteiger partial charge on any atom is -0.139 e. The van der Waals surface area contributed by atoms with Crippen molar-refractivity contribution >= 4 is 55.5 Å². The average Bonchev–Trinajstić information content (AvgIpc) is 2.89. The van der Waals surface area contributed by atoms with Crippen LogP contribution < -0.4 is 0 Å². The second kappa shape index (κ2) is 4.55. The molecule has 0 bridgehead atoms. The van der Waals surface area contributed by atoms with Crippen LogP contribution in [0.4, 0.5) is 0 Å². The summed E-state index contributed by atoms with van der Waals surface area (Å²) in [6.07, 6.45) is 1.09. The summed E-state index contributed by atoms with van der Waals surface area (Å²) in [4.78, 5) is 1.48. The highest BCUT2D eigenvalue weighted by molar-refractivity contribution is 7.83. The van der Waals surface area contributed by atoms with E-state index in [0.29, 0.717) is 5.92 Å². The lowest BCUT2D eigenvalue weighted by Gasteiger charge is -2.00. The van der Waals surface area contributed by atoms with Crippen molar-refractivity contribution in [3.8, 4) is 0 Å². The van der Waals surface area contributed by atoms with Gasteiger partial charge in [-0.1, -0.05) is 20.8 Å². The van der Waals surface area contributed by atoms with Crippen LogP contribution in [-0.4, -0.2) is 0 Å². The molecule has 0 unspecified atom stereocenters. The smallest absolute Gasteiger partial charge is 0.0581 e. The third kappa shape index (κ3) is 1.89. The first kappa shape index (κ1) is 12.5. The molecule has 0 N–H and O–H groups in total. The molecule has 0 aliphatic heterocycles. The van der Waals surface area contributed by atoms with Gasteiger partial charge in [-0.2, -0.15) is 0 Å². The van der Waals surface area contributed by atoms with Crippen LogP contribution in [0.15, 0.2) is 22.4 Å². The molecule has 0 radical (unpaired) electrons. The molecule has 1 aromatic carbocycles. The van der Waals surface area contributed by atoms with E-state index in [9.17, 15) is 0 Å². The predicted octanol–water partition coefficient (Wildman–Crippen LogP) is 6.09. The number of thiol groups is 1. The van der Waals surface area contributed by atoms with Crippen LogP contribution in [0.25, 0.3) is 20.2 Å². The van der Waals surface area contributed by atoms with Crippen LogP contribution in [0.1, 0.15) is 37.1 Å². The van der Waals surface area contributed by atoms with Crippen LogP contribution in [0.5, 0.6) is 0 Å². The molecule has 18 heavy (non-hydrogen) atoms. The van der Waals surface area contributed by atoms with Gasteiger partial charge in [0.15, 0.2) is 0 Å². The molecule has 3 aromatic rings. The summed E-state index contributed by atoms with van der Waals surface area (Å²) in [6, 6.07) is 6.94. The lowest BCUT2D eigenvalue weighted by molar-refractivity contribution is 0.890. The number of benzene rings is 1. The van der Waals surface area contributed by atoms with E-state index in [1.165, 1.54) is 30.6 Å². The second-order valence-corrected chi connectivity index (χ2v) is 7.86. The van der Waals surface area contributed by atoms with E-state index in [2.05, 4.69) is 51.6 Å². The van der Waals surface area contributed by atoms with Crippen LogP contribution in [0, 0.1) is 0 Å². The Kier molecular flexibility index (Phi) is 3.16. The van der Waals surface area contributed by atoms with Crippen molar-refractivity contribution in [2.45, 2.75) is 37.3 Å². The zero-order valence-corrected chi connectivity index (χ0v) is 13.3. The number of hydrogen-bond acceptors (Lipinski definition) is 3. The summed E-state index contributed by atoms with van der Waals surface area (Å²) in [5.41, 5.74) is 1.45. The monoisotopic (exact) mass is 292 g/mol. The predicted molar refractivity (Wildman–Crippen MR) is 87.9 cm³/mol. The molecule has 0 aliphatic rings. The number of fused-ring (bicyclic) bond motifs is 3. The van der Waals surface area contributed by atoms with E-state index in [1.807, 2.05) is 22.7 Å². The Morgan fingerprint density at radius 1 is 1.11 bits per heavy atom. The van der Waals surface area contributed by atoms with Gasteiger partial charge in [0.1, 0.15) is 0 Å². The molecule has 0 atom stereocenters. The van der Waals surface area contributed by atoms with Gasteiger partial charge < -0.3 is 0 Å². The van der Waals surface area contributed by atoms with E-state index in [0.717, 1.165) is 10.6 Å². The van der Waals surface area contributed by atoms with Gasteiger partial charge in [0, 0.05) is 4.88 Å². The SMILES string of the molecule is CCc1cc2cc(C(C)C)sc2c2sc(S)cc12. The Labute approximate surface area is 121 Å². The average molecular weight is 292 g/mol. The summed E-state index contributed by atoms with van der Waals surface area (Å²) in [7, 11) is 0. The molecule has 0 aliphatic carbocycles. The molecule has 0 saturated carbocycles. The van der Waals surface area contributed by atoms with Gasteiger partial charge in [0.25, 0.3) is 0 Å². The highest BCUT2D eigenvalue weighted by Crippen LogP contribution is 2.42. The third-order valence-corrected chi connectivity index (χ3v) is 6.29. The summed E-state index contributed by atoms with van der Waals surface area (Å²) >= 11 is 8.28. The van der Waals surface area contributed by atoms with Crippen LogP contribution in [0.2, 0.25) is 0 Å². The summed E-state index contributed by atoms with van der Waals surface area (Å²) in [5.74, 6) is 0.609. The minimum atomic E-state index is 0.609. The van der Waals surface area contributed by atoms with Gasteiger partial charge in [0.2, 0.25) is 0 Å². The first-order valence-corrected chi connectivity index (χ1v) is 8.36. The molecule has 0 amide bonds. The van der Waals surface area contributed by atoms with Crippen molar-refractivity contribution in [3.05, 3.63) is 28.6 Å². The number of hydrogen-bond donors (Lipinski definition) is 1. The summed E-state index contributed by atoms with van der Waals surface area (Å²) in [5, 5.41) is 2.81. The number of thiophene rings is 2. The lowest BCUT2D eigenvalue weighted by Crippen LogP contribution is -1.80. The molecule has 3 rings (SSSR count). The van der Waals surface area contributed by atoms with Gasteiger partial charge in [-0.15, -0.1) is 35.3 Å². The maximum atomic E-state index is 4.53. The largest absolute Gasteiger partial charge is 0.139 e. The van der Waals surface area contributed by atoms with Crippen molar-refractivity contribution in [2.75, 3.05) is 0 Å². The zero-order chi connectivity index (χ0) is 12.9. The minimum absolute atomic E-state index is 0.609. The molecular weight excluding hydrogens is 276 g/mol.